The van der Waals surface area contributed by atoms with Crippen molar-refractivity contribution in [3.8, 4) is 0 Å². The maximum Gasteiger partial charge on any atom is 0.220 e. The molecule has 0 aliphatic heterocycles. The van der Waals surface area contributed by atoms with Gasteiger partial charge in [-0.3, -0.25) is 4.79 Å². The number of rotatable bonds is 5. The van der Waals surface area contributed by atoms with E-state index < -0.39 is 0 Å². The molecule has 1 amide bonds. The summed E-state index contributed by atoms with van der Waals surface area (Å²) in [5.74, 6) is 1.10. The van der Waals surface area contributed by atoms with E-state index in [0.717, 1.165) is 6.42 Å². The smallest absolute Gasteiger partial charge is 0.220 e. The van der Waals surface area contributed by atoms with E-state index in [9.17, 15) is 4.79 Å². The fourth-order valence-corrected chi connectivity index (χ4v) is 3.44. The Kier molecular flexibility index (Phi) is 5.03. The van der Waals surface area contributed by atoms with Gasteiger partial charge in [-0.25, -0.2) is 0 Å². The molecule has 2 heteroatoms. The lowest BCUT2D eigenvalue weighted by Crippen LogP contribution is -2.41. The van der Waals surface area contributed by atoms with Gasteiger partial charge in [-0.15, -0.1) is 0 Å². The molecule has 0 bridgehead atoms. The molecular weight excluding hydrogens is 210 g/mol. The van der Waals surface area contributed by atoms with E-state index in [2.05, 4.69) is 27.7 Å². The first-order valence-corrected chi connectivity index (χ1v) is 7.19. The summed E-state index contributed by atoms with van der Waals surface area (Å²) in [5.41, 5.74) is 5.95. The lowest BCUT2D eigenvalue weighted by molar-refractivity contribution is -0.127. The van der Waals surface area contributed by atoms with Gasteiger partial charge in [0.05, 0.1) is 0 Å². The zero-order chi connectivity index (χ0) is 13.1. The van der Waals surface area contributed by atoms with Crippen molar-refractivity contribution in [1.82, 2.24) is 0 Å². The van der Waals surface area contributed by atoms with Crippen LogP contribution in [-0.4, -0.2) is 5.91 Å². The fourth-order valence-electron chi connectivity index (χ4n) is 3.44. The minimum Gasteiger partial charge on any atom is -0.369 e. The van der Waals surface area contributed by atoms with Gasteiger partial charge in [0.25, 0.3) is 0 Å². The molecule has 0 spiro atoms. The molecule has 17 heavy (non-hydrogen) atoms. The zero-order valence-corrected chi connectivity index (χ0v) is 12.0. The molecule has 0 aromatic heterocycles. The highest BCUT2D eigenvalue weighted by Crippen LogP contribution is 2.47. The van der Waals surface area contributed by atoms with Crippen LogP contribution in [0.1, 0.15) is 66.2 Å². The number of carbonyl (C=O) groups excluding carboxylic acids is 1. The van der Waals surface area contributed by atoms with Gasteiger partial charge in [0.2, 0.25) is 5.91 Å². The van der Waals surface area contributed by atoms with Crippen molar-refractivity contribution >= 4 is 5.91 Å². The number of hydrogen-bond donors (Lipinski definition) is 1. The van der Waals surface area contributed by atoms with E-state index in [1.54, 1.807) is 0 Å². The molecule has 0 aromatic rings. The van der Waals surface area contributed by atoms with Crippen LogP contribution in [0.15, 0.2) is 0 Å². The van der Waals surface area contributed by atoms with E-state index in [4.69, 9.17) is 5.73 Å². The molecule has 0 heterocycles. The first kappa shape index (κ1) is 14.5. The van der Waals surface area contributed by atoms with Crippen LogP contribution in [0, 0.1) is 23.2 Å². The number of hydrogen-bond acceptors (Lipinski definition) is 1. The first-order valence-electron chi connectivity index (χ1n) is 7.19. The third-order valence-electron chi connectivity index (χ3n) is 4.67. The fraction of sp³-hybridized carbons (Fsp3) is 0.933. The third-order valence-corrected chi connectivity index (χ3v) is 4.67. The van der Waals surface area contributed by atoms with E-state index >= 15 is 0 Å². The van der Waals surface area contributed by atoms with Crippen molar-refractivity contribution in [1.29, 1.82) is 0 Å². The Labute approximate surface area is 106 Å². The Bertz CT molecular complexity index is 262. The summed E-state index contributed by atoms with van der Waals surface area (Å²) in [6.45, 7) is 9.01. The standard InChI is InChI=1S/C15H29NO/c1-5-6-8-15(4)9-7-12(11(2)3)13(10-15)14(16)17/h11-13H,5-10H2,1-4H3,(H2,16,17). The molecule has 1 aliphatic carbocycles. The molecule has 1 rings (SSSR count). The molecule has 2 N–H and O–H groups in total. The summed E-state index contributed by atoms with van der Waals surface area (Å²) in [5, 5.41) is 0. The van der Waals surface area contributed by atoms with Crippen molar-refractivity contribution in [2.45, 2.75) is 66.2 Å². The second-order valence-corrected chi connectivity index (χ2v) is 6.57. The quantitative estimate of drug-likeness (QED) is 0.780. The van der Waals surface area contributed by atoms with Gasteiger partial charge >= 0.3 is 0 Å². The first-order chi connectivity index (χ1) is 7.89. The molecule has 0 saturated heterocycles. The third kappa shape index (κ3) is 3.72. The molecule has 3 atom stereocenters. The number of unbranched alkanes of at least 4 members (excludes halogenated alkanes) is 1. The molecular formula is C15H29NO. The topological polar surface area (TPSA) is 43.1 Å². The van der Waals surface area contributed by atoms with Crippen molar-refractivity contribution in [3.05, 3.63) is 0 Å². The Balaban J connectivity index is 2.70. The Morgan fingerprint density at radius 1 is 1.47 bits per heavy atom. The maximum absolute atomic E-state index is 11.7. The van der Waals surface area contributed by atoms with Crippen molar-refractivity contribution in [2.24, 2.45) is 28.9 Å². The predicted molar refractivity (Wildman–Crippen MR) is 72.5 cm³/mol. The summed E-state index contributed by atoms with van der Waals surface area (Å²) < 4.78 is 0. The lowest BCUT2D eigenvalue weighted by Gasteiger charge is -2.43. The molecule has 1 fully saturated rings. The van der Waals surface area contributed by atoms with Crippen LogP contribution in [0.3, 0.4) is 0 Å². The van der Waals surface area contributed by atoms with Gasteiger partial charge < -0.3 is 5.73 Å². The summed E-state index contributed by atoms with van der Waals surface area (Å²) in [6.07, 6.45) is 7.20. The average Bonchev–Trinajstić information content (AvgIpc) is 2.26. The number of amides is 1. The lowest BCUT2D eigenvalue weighted by atomic mass is 9.62. The van der Waals surface area contributed by atoms with Crippen LogP contribution in [0.4, 0.5) is 0 Å². The highest BCUT2D eigenvalue weighted by atomic mass is 16.1. The summed E-state index contributed by atoms with van der Waals surface area (Å²) in [7, 11) is 0. The van der Waals surface area contributed by atoms with Crippen molar-refractivity contribution < 1.29 is 4.79 Å². The van der Waals surface area contributed by atoms with E-state index in [0.29, 0.717) is 17.3 Å². The number of primary amides is 1. The van der Waals surface area contributed by atoms with Crippen LogP contribution in [-0.2, 0) is 4.79 Å². The van der Waals surface area contributed by atoms with E-state index in [1.807, 2.05) is 0 Å². The number of nitrogens with two attached hydrogens (primary N) is 1. The molecule has 1 saturated carbocycles. The maximum atomic E-state index is 11.7. The van der Waals surface area contributed by atoms with Gasteiger partial charge in [0.1, 0.15) is 0 Å². The van der Waals surface area contributed by atoms with E-state index in [1.165, 1.54) is 32.1 Å². The molecule has 1 aliphatic rings. The van der Waals surface area contributed by atoms with Gasteiger partial charge in [-0.1, -0.05) is 40.5 Å². The minimum absolute atomic E-state index is 0.0777. The predicted octanol–water partition coefficient (Wildman–Crippen LogP) is 3.74. The molecule has 0 radical (unpaired) electrons. The Morgan fingerprint density at radius 3 is 2.59 bits per heavy atom. The molecule has 3 unspecified atom stereocenters. The van der Waals surface area contributed by atoms with Crippen LogP contribution in [0.25, 0.3) is 0 Å². The molecule has 2 nitrogen and oxygen atoms in total. The van der Waals surface area contributed by atoms with Gasteiger partial charge in [-0.2, -0.15) is 0 Å². The Hall–Kier alpha value is -0.530. The van der Waals surface area contributed by atoms with Gasteiger partial charge in [0, 0.05) is 5.92 Å². The average molecular weight is 239 g/mol. The van der Waals surface area contributed by atoms with Crippen molar-refractivity contribution in [3.63, 3.8) is 0 Å². The van der Waals surface area contributed by atoms with Crippen LogP contribution in [0.5, 0.6) is 0 Å². The SMILES string of the molecule is CCCCC1(C)CCC(C(C)C)C(C(N)=O)C1. The zero-order valence-electron chi connectivity index (χ0n) is 12.0. The second-order valence-electron chi connectivity index (χ2n) is 6.57. The minimum atomic E-state index is -0.0777. The van der Waals surface area contributed by atoms with E-state index in [-0.39, 0.29) is 11.8 Å². The van der Waals surface area contributed by atoms with Gasteiger partial charge in [0.15, 0.2) is 0 Å². The largest absolute Gasteiger partial charge is 0.369 e. The highest BCUT2D eigenvalue weighted by molar-refractivity contribution is 5.77. The summed E-state index contributed by atoms with van der Waals surface area (Å²) in [6, 6.07) is 0. The summed E-state index contributed by atoms with van der Waals surface area (Å²) >= 11 is 0. The second kappa shape index (κ2) is 5.88. The monoisotopic (exact) mass is 239 g/mol. The van der Waals surface area contributed by atoms with Crippen LogP contribution < -0.4 is 5.73 Å². The van der Waals surface area contributed by atoms with Crippen LogP contribution >= 0.6 is 0 Å². The van der Waals surface area contributed by atoms with Crippen molar-refractivity contribution in [2.75, 3.05) is 0 Å². The summed E-state index contributed by atoms with van der Waals surface area (Å²) in [4.78, 5) is 11.7. The molecule has 0 aromatic carbocycles. The normalized spacial score (nSPS) is 33.9. The number of carbonyl (C=O) groups is 1. The van der Waals surface area contributed by atoms with Gasteiger partial charge in [-0.05, 0) is 42.9 Å². The van der Waals surface area contributed by atoms with Crippen LogP contribution in [0.2, 0.25) is 0 Å². The molecule has 100 valence electrons. The highest BCUT2D eigenvalue weighted by Gasteiger charge is 2.40. The Morgan fingerprint density at radius 2 is 2.12 bits per heavy atom.